The van der Waals surface area contributed by atoms with Gasteiger partial charge in [-0.1, -0.05) is 17.4 Å². The van der Waals surface area contributed by atoms with Crippen molar-refractivity contribution < 1.29 is 29.1 Å². The van der Waals surface area contributed by atoms with E-state index in [1.807, 2.05) is 0 Å². The van der Waals surface area contributed by atoms with Gasteiger partial charge in [0.05, 0.1) is 13.1 Å². The molecule has 2 heterocycles. The number of carboxylic acids is 1. The highest BCUT2D eigenvalue weighted by Gasteiger charge is 2.39. The molecule has 0 aliphatic carbocycles. The van der Waals surface area contributed by atoms with E-state index in [0.717, 1.165) is 11.3 Å². The van der Waals surface area contributed by atoms with Crippen LogP contribution in [-0.2, 0) is 6.42 Å². The summed E-state index contributed by atoms with van der Waals surface area (Å²) in [6.07, 6.45) is 0.167. The van der Waals surface area contributed by atoms with Gasteiger partial charge in [0.25, 0.3) is 5.91 Å². The number of nitrogens with zero attached hydrogens (tertiary/aromatic N) is 2. The van der Waals surface area contributed by atoms with Crippen molar-refractivity contribution in [1.29, 1.82) is 0 Å². The van der Waals surface area contributed by atoms with Crippen LogP contribution in [0.2, 0.25) is 0 Å². The van der Waals surface area contributed by atoms with Crippen LogP contribution < -0.4 is 20.4 Å². The molecular formula is C13H13BN4O6S. The van der Waals surface area contributed by atoms with E-state index < -0.39 is 24.9 Å². The van der Waals surface area contributed by atoms with Crippen LogP contribution in [0, 0.1) is 0 Å². The molecule has 0 saturated heterocycles. The highest BCUT2D eigenvalue weighted by atomic mass is 32.1. The van der Waals surface area contributed by atoms with Crippen molar-refractivity contribution in [3.63, 3.8) is 0 Å². The minimum absolute atomic E-state index is 0.0185. The fourth-order valence-corrected chi connectivity index (χ4v) is 3.01. The Hall–Kier alpha value is -2.86. The molecule has 1 aliphatic heterocycles. The lowest BCUT2D eigenvalue weighted by molar-refractivity contribution is 0.0689. The standard InChI is InChI=1S/C13H13BN4O6S/c1-23-6-3-2-5-4-7(14(22)24-9(5)8(6)12(20)21)16-10(19)11-17-18-13(15)25-11/h2-3,7,22H,4H2,1H3,(H2,15,18)(H,16,19)(H,20,21). The fraction of sp³-hybridized carbons (Fsp3) is 0.231. The number of amides is 1. The number of carbonyl (C=O) groups excluding carboxylic acids is 1. The largest absolute Gasteiger partial charge is 0.547 e. The predicted molar refractivity (Wildman–Crippen MR) is 87.8 cm³/mol. The number of aromatic carboxylic acids is 1. The molecule has 1 aliphatic rings. The number of carboxylic acid groups (broad SMARTS) is 1. The number of methoxy groups -OCH3 is 1. The molecule has 0 bridgehead atoms. The second kappa shape index (κ2) is 6.57. The monoisotopic (exact) mass is 364 g/mol. The zero-order valence-corrected chi connectivity index (χ0v) is 13.7. The van der Waals surface area contributed by atoms with Crippen molar-refractivity contribution in [1.82, 2.24) is 15.5 Å². The van der Waals surface area contributed by atoms with Crippen molar-refractivity contribution in [2.24, 2.45) is 0 Å². The van der Waals surface area contributed by atoms with Gasteiger partial charge in [0, 0.05) is 0 Å². The van der Waals surface area contributed by atoms with Gasteiger partial charge in [0.15, 0.2) is 0 Å². The first-order valence-corrected chi connectivity index (χ1v) is 7.90. The van der Waals surface area contributed by atoms with Crippen LogP contribution in [0.1, 0.15) is 25.7 Å². The molecule has 1 aromatic carbocycles. The highest BCUT2D eigenvalue weighted by Crippen LogP contribution is 2.36. The molecule has 0 radical (unpaired) electrons. The number of nitrogen functional groups attached to an aromatic ring is 1. The molecule has 1 aromatic heterocycles. The summed E-state index contributed by atoms with van der Waals surface area (Å²) >= 11 is 0.909. The van der Waals surface area contributed by atoms with E-state index in [1.165, 1.54) is 13.2 Å². The lowest BCUT2D eigenvalue weighted by atomic mass is 9.72. The second-order valence-corrected chi connectivity index (χ2v) is 6.18. The average Bonchev–Trinajstić information content (AvgIpc) is 3.01. The van der Waals surface area contributed by atoms with Crippen LogP contribution in [-0.4, -0.2) is 52.4 Å². The van der Waals surface area contributed by atoms with Crippen molar-refractivity contribution in [2.75, 3.05) is 12.8 Å². The van der Waals surface area contributed by atoms with Gasteiger partial charge in [-0.25, -0.2) is 4.79 Å². The predicted octanol–water partition coefficient (Wildman–Crippen LogP) is -0.420. The van der Waals surface area contributed by atoms with E-state index >= 15 is 0 Å². The van der Waals surface area contributed by atoms with Gasteiger partial charge in [-0.3, -0.25) is 4.79 Å². The first-order valence-electron chi connectivity index (χ1n) is 7.08. The Kier molecular flexibility index (Phi) is 4.46. The number of rotatable bonds is 4. The molecule has 0 spiro atoms. The fourth-order valence-electron chi connectivity index (χ4n) is 2.50. The molecule has 12 heteroatoms. The number of hydrogen-bond acceptors (Lipinski definition) is 9. The van der Waals surface area contributed by atoms with E-state index in [2.05, 4.69) is 15.5 Å². The van der Waals surface area contributed by atoms with Crippen molar-refractivity contribution in [2.45, 2.75) is 12.4 Å². The maximum atomic E-state index is 12.1. The van der Waals surface area contributed by atoms with Crippen molar-refractivity contribution >= 4 is 35.5 Å². The third kappa shape index (κ3) is 3.21. The highest BCUT2D eigenvalue weighted by molar-refractivity contribution is 7.16. The molecule has 10 nitrogen and oxygen atoms in total. The summed E-state index contributed by atoms with van der Waals surface area (Å²) in [5.41, 5.74) is 5.77. The van der Waals surface area contributed by atoms with Crippen LogP contribution in [0.4, 0.5) is 5.13 Å². The zero-order chi connectivity index (χ0) is 18.1. The minimum atomic E-state index is -1.44. The van der Waals surface area contributed by atoms with Crippen LogP contribution in [0.5, 0.6) is 11.5 Å². The summed E-state index contributed by atoms with van der Waals surface area (Å²) in [5, 5.41) is 29.5. The average molecular weight is 364 g/mol. The van der Waals surface area contributed by atoms with E-state index in [0.29, 0.717) is 5.56 Å². The van der Waals surface area contributed by atoms with Gasteiger partial charge in [0.1, 0.15) is 17.1 Å². The summed E-state index contributed by atoms with van der Waals surface area (Å²) in [6, 6.07) is 3.11. The molecule has 5 N–H and O–H groups in total. The van der Waals surface area contributed by atoms with Gasteiger partial charge >= 0.3 is 13.1 Å². The van der Waals surface area contributed by atoms with Crippen LogP contribution in [0.25, 0.3) is 0 Å². The Morgan fingerprint density at radius 3 is 2.84 bits per heavy atom. The Bertz CT molecular complexity index is 844. The maximum absolute atomic E-state index is 12.1. The summed E-state index contributed by atoms with van der Waals surface area (Å²) in [4.78, 5) is 23.6. The number of anilines is 1. The van der Waals surface area contributed by atoms with Crippen molar-refractivity contribution in [3.8, 4) is 11.5 Å². The third-order valence-electron chi connectivity index (χ3n) is 3.61. The topological polar surface area (TPSA) is 157 Å². The number of nitrogens with two attached hydrogens (primary N) is 1. The minimum Gasteiger partial charge on any atom is -0.534 e. The number of fused-ring (bicyclic) bond motifs is 1. The molecular weight excluding hydrogens is 351 g/mol. The molecule has 1 unspecified atom stereocenters. The Labute approximate surface area is 145 Å². The van der Waals surface area contributed by atoms with Gasteiger partial charge in [-0.2, -0.15) is 0 Å². The zero-order valence-electron chi connectivity index (χ0n) is 12.9. The summed E-state index contributed by atoms with van der Waals surface area (Å²) in [6.45, 7) is 0. The van der Waals surface area contributed by atoms with Crippen molar-refractivity contribution in [3.05, 3.63) is 28.3 Å². The van der Waals surface area contributed by atoms with E-state index in [1.54, 1.807) is 6.07 Å². The normalized spacial score (nSPS) is 15.9. The number of nitrogens with one attached hydrogen (secondary N) is 1. The van der Waals surface area contributed by atoms with Crippen LogP contribution in [0.3, 0.4) is 0 Å². The lowest BCUT2D eigenvalue weighted by Crippen LogP contribution is -2.53. The quantitative estimate of drug-likeness (QED) is 0.529. The van der Waals surface area contributed by atoms with Crippen LogP contribution in [0.15, 0.2) is 12.1 Å². The molecule has 0 saturated carbocycles. The molecule has 1 amide bonds. The number of ether oxygens (including phenoxy) is 1. The van der Waals surface area contributed by atoms with Gasteiger partial charge in [-0.15, -0.1) is 10.2 Å². The summed E-state index contributed by atoms with van der Waals surface area (Å²) in [5.74, 6) is -2.46. The van der Waals surface area contributed by atoms with Crippen LogP contribution >= 0.6 is 11.3 Å². The SMILES string of the molecule is COc1ccc2c(c1C(=O)O)OB(O)C(NC(=O)c1nnc(N)s1)C2. The summed E-state index contributed by atoms with van der Waals surface area (Å²) < 4.78 is 10.4. The number of benzene rings is 1. The number of carbonyl (C=O) groups is 2. The van der Waals surface area contributed by atoms with Gasteiger partial charge in [-0.05, 0) is 18.1 Å². The Morgan fingerprint density at radius 1 is 1.48 bits per heavy atom. The molecule has 25 heavy (non-hydrogen) atoms. The number of hydrogen-bond donors (Lipinski definition) is 4. The summed E-state index contributed by atoms with van der Waals surface area (Å²) in [7, 11) is -0.101. The lowest BCUT2D eigenvalue weighted by Gasteiger charge is -2.29. The van der Waals surface area contributed by atoms with E-state index in [9.17, 15) is 19.7 Å². The third-order valence-corrected chi connectivity index (χ3v) is 4.36. The van der Waals surface area contributed by atoms with E-state index in [-0.39, 0.29) is 33.6 Å². The number of aromatic nitrogens is 2. The van der Waals surface area contributed by atoms with E-state index in [4.69, 9.17) is 15.1 Å². The second-order valence-electron chi connectivity index (χ2n) is 5.17. The first kappa shape index (κ1) is 17.0. The van der Waals surface area contributed by atoms with Gasteiger partial charge in [0.2, 0.25) is 10.1 Å². The van der Waals surface area contributed by atoms with Gasteiger partial charge < -0.3 is 30.6 Å². The molecule has 130 valence electrons. The Morgan fingerprint density at radius 2 is 2.24 bits per heavy atom. The molecule has 2 aromatic rings. The molecule has 1 atom stereocenters. The smallest absolute Gasteiger partial charge is 0.534 e. The maximum Gasteiger partial charge on any atom is 0.547 e. The Balaban J connectivity index is 1.85. The molecule has 0 fully saturated rings. The first-order chi connectivity index (χ1) is 11.9. The molecule has 3 rings (SSSR count).